The first kappa shape index (κ1) is 11.9. The third kappa shape index (κ3) is 2.51. The van der Waals surface area contributed by atoms with Crippen LogP contribution in [0.5, 0.6) is 0 Å². The molecule has 3 heterocycles. The number of likely N-dealkylation sites (tertiary alicyclic amines) is 1. The molecule has 17 heavy (non-hydrogen) atoms. The van der Waals surface area contributed by atoms with Gasteiger partial charge in [-0.2, -0.15) is 0 Å². The number of nitrogens with one attached hydrogen (secondary N) is 1. The molecule has 0 aromatic rings. The molecule has 1 N–H and O–H groups in total. The monoisotopic (exact) mass is 238 g/mol. The molecule has 3 aliphatic heterocycles. The van der Waals surface area contributed by atoms with Crippen molar-refractivity contribution in [1.29, 1.82) is 0 Å². The van der Waals surface area contributed by atoms with Crippen LogP contribution in [0.1, 0.15) is 39.0 Å². The highest BCUT2D eigenvalue weighted by Crippen LogP contribution is 2.29. The molecule has 98 valence electrons. The van der Waals surface area contributed by atoms with Crippen LogP contribution in [-0.4, -0.2) is 49.3 Å². The first-order valence-electron chi connectivity index (χ1n) is 7.43. The summed E-state index contributed by atoms with van der Waals surface area (Å²) in [5, 5.41) is 3.68. The minimum atomic E-state index is 0.455. The molecule has 3 saturated heterocycles. The normalized spacial score (nSPS) is 41.1. The first-order chi connectivity index (χ1) is 8.34. The van der Waals surface area contributed by atoms with Gasteiger partial charge in [0.25, 0.3) is 0 Å². The highest BCUT2D eigenvalue weighted by Gasteiger charge is 2.34. The lowest BCUT2D eigenvalue weighted by Crippen LogP contribution is -2.47. The van der Waals surface area contributed by atoms with Gasteiger partial charge in [0.15, 0.2) is 0 Å². The fraction of sp³-hybridized carbons (Fsp3) is 1.00. The highest BCUT2D eigenvalue weighted by molar-refractivity contribution is 4.89. The third-order valence-electron chi connectivity index (χ3n) is 5.05. The second kappa shape index (κ2) is 5.25. The van der Waals surface area contributed by atoms with Crippen molar-refractivity contribution in [2.75, 3.05) is 26.2 Å². The van der Waals surface area contributed by atoms with E-state index in [9.17, 15) is 0 Å². The van der Waals surface area contributed by atoms with Crippen LogP contribution in [0, 0.1) is 5.92 Å². The molecule has 0 bridgehead atoms. The van der Waals surface area contributed by atoms with Crippen molar-refractivity contribution in [2.24, 2.45) is 5.92 Å². The number of rotatable bonds is 2. The van der Waals surface area contributed by atoms with Crippen molar-refractivity contribution in [1.82, 2.24) is 10.2 Å². The van der Waals surface area contributed by atoms with Crippen molar-refractivity contribution in [3.8, 4) is 0 Å². The topological polar surface area (TPSA) is 24.5 Å². The zero-order chi connectivity index (χ0) is 11.7. The maximum atomic E-state index is 5.69. The minimum absolute atomic E-state index is 0.455. The van der Waals surface area contributed by atoms with Crippen LogP contribution < -0.4 is 5.32 Å². The van der Waals surface area contributed by atoms with Crippen LogP contribution in [0.15, 0.2) is 0 Å². The Bertz CT molecular complexity index is 245. The predicted molar refractivity (Wildman–Crippen MR) is 69.1 cm³/mol. The minimum Gasteiger partial charge on any atom is -0.377 e. The zero-order valence-corrected chi connectivity index (χ0v) is 11.0. The van der Waals surface area contributed by atoms with Crippen molar-refractivity contribution < 1.29 is 4.74 Å². The van der Waals surface area contributed by atoms with Crippen LogP contribution in [0.4, 0.5) is 0 Å². The van der Waals surface area contributed by atoms with Gasteiger partial charge in [-0.1, -0.05) is 0 Å². The molecular formula is C14H26N2O. The van der Waals surface area contributed by atoms with E-state index in [-0.39, 0.29) is 0 Å². The summed E-state index contributed by atoms with van der Waals surface area (Å²) < 4.78 is 5.69. The molecule has 3 heteroatoms. The van der Waals surface area contributed by atoms with E-state index in [1.165, 1.54) is 51.7 Å². The van der Waals surface area contributed by atoms with E-state index in [0.29, 0.717) is 12.1 Å². The molecule has 0 aliphatic carbocycles. The van der Waals surface area contributed by atoms with Crippen molar-refractivity contribution in [2.45, 2.75) is 57.2 Å². The summed E-state index contributed by atoms with van der Waals surface area (Å²) in [5.41, 5.74) is 0. The van der Waals surface area contributed by atoms with Crippen LogP contribution in [0.3, 0.4) is 0 Å². The lowest BCUT2D eigenvalue weighted by molar-refractivity contribution is 0.0535. The predicted octanol–water partition coefficient (Wildman–Crippen LogP) is 1.63. The summed E-state index contributed by atoms with van der Waals surface area (Å²) in [4.78, 5) is 2.68. The summed E-state index contributed by atoms with van der Waals surface area (Å²) in [6.45, 7) is 7.04. The van der Waals surface area contributed by atoms with E-state index < -0.39 is 0 Å². The number of ether oxygens (including phenoxy) is 1. The standard InChI is InChI=1S/C14H26N2O/c1-11-14(6-10-17-11)16-8-4-12(5-9-16)13-3-2-7-15-13/h11-15H,2-10H2,1H3. The van der Waals surface area contributed by atoms with Crippen LogP contribution in [-0.2, 0) is 4.74 Å². The fourth-order valence-electron chi connectivity index (χ4n) is 3.97. The average Bonchev–Trinajstić information content (AvgIpc) is 3.00. The van der Waals surface area contributed by atoms with Crippen LogP contribution in [0.2, 0.25) is 0 Å². The molecule has 3 aliphatic rings. The Morgan fingerprint density at radius 1 is 1.12 bits per heavy atom. The van der Waals surface area contributed by atoms with E-state index in [1.54, 1.807) is 0 Å². The zero-order valence-electron chi connectivity index (χ0n) is 11.0. The second-order valence-electron chi connectivity index (χ2n) is 6.01. The van der Waals surface area contributed by atoms with Crippen molar-refractivity contribution in [3.05, 3.63) is 0 Å². The first-order valence-corrected chi connectivity index (χ1v) is 7.43. The molecule has 3 rings (SSSR count). The summed E-state index contributed by atoms with van der Waals surface area (Å²) in [6, 6.07) is 1.53. The van der Waals surface area contributed by atoms with E-state index in [0.717, 1.165) is 18.6 Å². The Hall–Kier alpha value is -0.120. The smallest absolute Gasteiger partial charge is 0.0703 e. The molecule has 0 saturated carbocycles. The van der Waals surface area contributed by atoms with Gasteiger partial charge in [0.05, 0.1) is 6.10 Å². The van der Waals surface area contributed by atoms with Gasteiger partial charge < -0.3 is 10.1 Å². The summed E-state index contributed by atoms with van der Waals surface area (Å²) in [7, 11) is 0. The quantitative estimate of drug-likeness (QED) is 0.791. The van der Waals surface area contributed by atoms with E-state index >= 15 is 0 Å². The average molecular weight is 238 g/mol. The summed E-state index contributed by atoms with van der Waals surface area (Å²) in [5.74, 6) is 0.936. The maximum absolute atomic E-state index is 5.69. The van der Waals surface area contributed by atoms with Gasteiger partial charge in [0.1, 0.15) is 0 Å². The lowest BCUT2D eigenvalue weighted by Gasteiger charge is -2.38. The molecule has 3 nitrogen and oxygen atoms in total. The van der Waals surface area contributed by atoms with Crippen molar-refractivity contribution >= 4 is 0 Å². The maximum Gasteiger partial charge on any atom is 0.0703 e. The number of hydrogen-bond acceptors (Lipinski definition) is 3. The SMILES string of the molecule is CC1OCCC1N1CCC(C2CCCN2)CC1. The molecule has 0 amide bonds. The molecule has 0 radical (unpaired) electrons. The van der Waals surface area contributed by atoms with Crippen LogP contribution >= 0.6 is 0 Å². The Labute approximate surface area is 105 Å². The Morgan fingerprint density at radius 2 is 1.94 bits per heavy atom. The number of nitrogens with zero attached hydrogens (tertiary/aromatic N) is 1. The Kier molecular flexibility index (Phi) is 3.69. The molecule has 3 fully saturated rings. The third-order valence-corrected chi connectivity index (χ3v) is 5.05. The van der Waals surface area contributed by atoms with Gasteiger partial charge >= 0.3 is 0 Å². The van der Waals surface area contributed by atoms with E-state index in [1.807, 2.05) is 0 Å². The number of hydrogen-bond donors (Lipinski definition) is 1. The van der Waals surface area contributed by atoms with Gasteiger partial charge in [-0.15, -0.1) is 0 Å². The van der Waals surface area contributed by atoms with Gasteiger partial charge in [0.2, 0.25) is 0 Å². The summed E-state index contributed by atoms with van der Waals surface area (Å²) >= 11 is 0. The largest absolute Gasteiger partial charge is 0.377 e. The highest BCUT2D eigenvalue weighted by atomic mass is 16.5. The molecule has 3 unspecified atom stereocenters. The molecule has 0 spiro atoms. The number of piperidine rings is 1. The second-order valence-corrected chi connectivity index (χ2v) is 6.01. The molecule has 0 aromatic heterocycles. The fourth-order valence-corrected chi connectivity index (χ4v) is 3.97. The van der Waals surface area contributed by atoms with E-state index in [4.69, 9.17) is 4.74 Å². The molecular weight excluding hydrogens is 212 g/mol. The Balaban J connectivity index is 1.49. The van der Waals surface area contributed by atoms with Gasteiger partial charge in [0, 0.05) is 18.7 Å². The molecule has 0 aromatic carbocycles. The van der Waals surface area contributed by atoms with Gasteiger partial charge in [-0.05, 0) is 64.6 Å². The lowest BCUT2D eigenvalue weighted by atomic mass is 9.87. The van der Waals surface area contributed by atoms with Crippen molar-refractivity contribution in [3.63, 3.8) is 0 Å². The molecule has 3 atom stereocenters. The van der Waals surface area contributed by atoms with Gasteiger partial charge in [-0.25, -0.2) is 0 Å². The summed E-state index contributed by atoms with van der Waals surface area (Å²) in [6.07, 6.45) is 7.28. The van der Waals surface area contributed by atoms with Gasteiger partial charge in [-0.3, -0.25) is 4.90 Å². The Morgan fingerprint density at radius 3 is 2.53 bits per heavy atom. The van der Waals surface area contributed by atoms with Crippen LogP contribution in [0.25, 0.3) is 0 Å². The van der Waals surface area contributed by atoms with E-state index in [2.05, 4.69) is 17.1 Å².